The fourth-order valence-corrected chi connectivity index (χ4v) is 3.09. The number of benzene rings is 2. The average molecular weight is 426 g/mol. The van der Waals surface area contributed by atoms with Crippen LogP contribution in [0.25, 0.3) is 5.70 Å². The van der Waals surface area contributed by atoms with Crippen LogP contribution in [0.1, 0.15) is 34.6 Å². The molecular weight excluding hydrogens is 406 g/mol. The van der Waals surface area contributed by atoms with Crippen LogP contribution in [-0.2, 0) is 0 Å². The molecule has 1 heterocycles. The number of halogens is 1. The standard InChI is InChI=1S/C20H20BrN5O/c1-12(14-8-4-3-5-9-14)24-20(27)18-17(21)19(26-25-18)23-13(2)15-10-6-7-11-16(15)22/h3-12H,2,22H2,1H3,(H,24,27)(H2,23,25,26). The Morgan fingerprint density at radius 1 is 1.19 bits per heavy atom. The van der Waals surface area contributed by atoms with Gasteiger partial charge < -0.3 is 16.4 Å². The van der Waals surface area contributed by atoms with Crippen molar-refractivity contribution in [3.63, 3.8) is 0 Å². The molecule has 0 aliphatic heterocycles. The van der Waals surface area contributed by atoms with Gasteiger partial charge in [-0.1, -0.05) is 55.1 Å². The summed E-state index contributed by atoms with van der Waals surface area (Å²) in [4.78, 5) is 12.6. The summed E-state index contributed by atoms with van der Waals surface area (Å²) in [5, 5.41) is 13.0. The molecule has 138 valence electrons. The van der Waals surface area contributed by atoms with E-state index in [1.807, 2.05) is 55.5 Å². The second-order valence-electron chi connectivity index (χ2n) is 6.06. The summed E-state index contributed by atoms with van der Waals surface area (Å²) >= 11 is 3.43. The summed E-state index contributed by atoms with van der Waals surface area (Å²) in [7, 11) is 0. The highest BCUT2D eigenvalue weighted by Crippen LogP contribution is 2.28. The van der Waals surface area contributed by atoms with Crippen LogP contribution in [0.2, 0.25) is 0 Å². The first kappa shape index (κ1) is 18.7. The lowest BCUT2D eigenvalue weighted by Crippen LogP contribution is -2.27. The van der Waals surface area contributed by atoms with E-state index in [0.717, 1.165) is 11.1 Å². The number of H-pyrrole nitrogens is 1. The molecule has 6 nitrogen and oxygen atoms in total. The van der Waals surface area contributed by atoms with Crippen LogP contribution in [0.4, 0.5) is 11.5 Å². The summed E-state index contributed by atoms with van der Waals surface area (Å²) in [6.45, 7) is 5.93. The maximum atomic E-state index is 12.6. The molecule has 1 atom stereocenters. The van der Waals surface area contributed by atoms with E-state index in [1.165, 1.54) is 0 Å². The van der Waals surface area contributed by atoms with Crippen LogP contribution in [-0.4, -0.2) is 16.1 Å². The third kappa shape index (κ3) is 4.20. The summed E-state index contributed by atoms with van der Waals surface area (Å²) in [5.74, 6) is 0.199. The Balaban J connectivity index is 1.72. The van der Waals surface area contributed by atoms with Crippen molar-refractivity contribution in [2.45, 2.75) is 13.0 Å². The van der Waals surface area contributed by atoms with E-state index in [1.54, 1.807) is 6.07 Å². The zero-order chi connectivity index (χ0) is 19.4. The molecule has 0 saturated heterocycles. The minimum absolute atomic E-state index is 0.135. The number of para-hydroxylation sites is 1. The molecule has 3 rings (SSSR count). The van der Waals surface area contributed by atoms with Crippen molar-refractivity contribution < 1.29 is 4.79 Å². The Hall–Kier alpha value is -3.06. The number of nitrogen functional groups attached to an aromatic ring is 1. The number of carbonyl (C=O) groups is 1. The van der Waals surface area contributed by atoms with Crippen LogP contribution >= 0.6 is 15.9 Å². The topological polar surface area (TPSA) is 95.8 Å². The second-order valence-corrected chi connectivity index (χ2v) is 6.85. The fourth-order valence-electron chi connectivity index (χ4n) is 2.64. The highest BCUT2D eigenvalue weighted by atomic mass is 79.9. The zero-order valence-corrected chi connectivity index (χ0v) is 16.4. The quantitative estimate of drug-likeness (QED) is 0.442. The van der Waals surface area contributed by atoms with Crippen molar-refractivity contribution in [1.82, 2.24) is 15.5 Å². The van der Waals surface area contributed by atoms with Gasteiger partial charge in [0.25, 0.3) is 5.91 Å². The maximum absolute atomic E-state index is 12.6. The number of nitrogens with one attached hydrogen (secondary N) is 3. The van der Waals surface area contributed by atoms with Gasteiger partial charge in [0.2, 0.25) is 0 Å². The molecule has 0 fully saturated rings. The number of aromatic amines is 1. The largest absolute Gasteiger partial charge is 0.398 e. The van der Waals surface area contributed by atoms with Gasteiger partial charge in [0.1, 0.15) is 5.69 Å². The summed E-state index contributed by atoms with van der Waals surface area (Å²) in [6, 6.07) is 17.0. The van der Waals surface area contributed by atoms with Crippen molar-refractivity contribution in [2.75, 3.05) is 11.1 Å². The van der Waals surface area contributed by atoms with Gasteiger partial charge in [-0.05, 0) is 34.5 Å². The first-order valence-corrected chi connectivity index (χ1v) is 9.17. The molecule has 7 heteroatoms. The van der Waals surface area contributed by atoms with E-state index < -0.39 is 0 Å². The van der Waals surface area contributed by atoms with Crippen LogP contribution in [0.5, 0.6) is 0 Å². The zero-order valence-electron chi connectivity index (χ0n) is 14.8. The van der Waals surface area contributed by atoms with Crippen LogP contribution < -0.4 is 16.4 Å². The number of anilines is 2. The maximum Gasteiger partial charge on any atom is 0.271 e. The number of nitrogens with zero attached hydrogens (tertiary/aromatic N) is 1. The van der Waals surface area contributed by atoms with E-state index in [-0.39, 0.29) is 11.9 Å². The van der Waals surface area contributed by atoms with Crippen LogP contribution in [0, 0.1) is 0 Å². The molecule has 3 aromatic rings. The van der Waals surface area contributed by atoms with Gasteiger partial charge in [-0.3, -0.25) is 9.89 Å². The summed E-state index contributed by atoms with van der Waals surface area (Å²) in [5.41, 5.74) is 9.29. The third-order valence-electron chi connectivity index (χ3n) is 4.14. The molecule has 2 aromatic carbocycles. The van der Waals surface area contributed by atoms with Crippen molar-refractivity contribution in [3.8, 4) is 0 Å². The molecule has 0 bridgehead atoms. The SMILES string of the molecule is C=C(Nc1n[nH]c(C(=O)NC(C)c2ccccc2)c1Br)c1ccccc1N. The lowest BCUT2D eigenvalue weighted by molar-refractivity contribution is 0.0934. The Morgan fingerprint density at radius 2 is 1.85 bits per heavy atom. The lowest BCUT2D eigenvalue weighted by Gasteiger charge is -2.13. The van der Waals surface area contributed by atoms with Gasteiger partial charge in [0.05, 0.1) is 10.5 Å². The van der Waals surface area contributed by atoms with E-state index in [4.69, 9.17) is 5.73 Å². The number of hydrogen-bond donors (Lipinski definition) is 4. The van der Waals surface area contributed by atoms with Crippen LogP contribution in [0.3, 0.4) is 0 Å². The average Bonchev–Trinajstić information content (AvgIpc) is 3.03. The number of aromatic nitrogens is 2. The predicted octanol–water partition coefficient (Wildman–Crippen LogP) is 4.33. The molecule has 0 radical (unpaired) electrons. The number of hydrogen-bond acceptors (Lipinski definition) is 4. The Labute approximate surface area is 166 Å². The number of amides is 1. The molecule has 0 saturated carbocycles. The molecular formula is C20H20BrN5O. The highest BCUT2D eigenvalue weighted by Gasteiger charge is 2.20. The highest BCUT2D eigenvalue weighted by molar-refractivity contribution is 9.10. The molecule has 0 aliphatic rings. The van der Waals surface area contributed by atoms with E-state index in [0.29, 0.717) is 27.4 Å². The minimum atomic E-state index is -0.261. The minimum Gasteiger partial charge on any atom is -0.398 e. The normalized spacial score (nSPS) is 11.6. The molecule has 5 N–H and O–H groups in total. The van der Waals surface area contributed by atoms with E-state index >= 15 is 0 Å². The first-order valence-electron chi connectivity index (χ1n) is 8.38. The molecule has 0 aliphatic carbocycles. The van der Waals surface area contributed by atoms with E-state index in [2.05, 4.69) is 43.3 Å². The summed E-state index contributed by atoms with van der Waals surface area (Å²) in [6.07, 6.45) is 0. The molecule has 0 spiro atoms. The molecule has 1 aromatic heterocycles. The monoisotopic (exact) mass is 425 g/mol. The van der Waals surface area contributed by atoms with Gasteiger partial charge in [0, 0.05) is 16.9 Å². The van der Waals surface area contributed by atoms with Crippen molar-refractivity contribution in [2.24, 2.45) is 0 Å². The predicted molar refractivity (Wildman–Crippen MR) is 112 cm³/mol. The molecule has 1 amide bonds. The van der Waals surface area contributed by atoms with Crippen molar-refractivity contribution in [3.05, 3.63) is 82.5 Å². The molecule has 1 unspecified atom stereocenters. The second kappa shape index (κ2) is 8.09. The Kier molecular flexibility index (Phi) is 5.61. The molecule has 27 heavy (non-hydrogen) atoms. The summed E-state index contributed by atoms with van der Waals surface area (Å²) < 4.78 is 0.524. The van der Waals surface area contributed by atoms with Gasteiger partial charge in [-0.2, -0.15) is 5.10 Å². The van der Waals surface area contributed by atoms with Gasteiger partial charge >= 0.3 is 0 Å². The fraction of sp³-hybridized carbons (Fsp3) is 0.100. The van der Waals surface area contributed by atoms with Gasteiger partial charge in [0.15, 0.2) is 5.82 Å². The van der Waals surface area contributed by atoms with Gasteiger partial charge in [-0.15, -0.1) is 0 Å². The Bertz CT molecular complexity index is 968. The smallest absolute Gasteiger partial charge is 0.271 e. The third-order valence-corrected chi connectivity index (χ3v) is 4.91. The lowest BCUT2D eigenvalue weighted by atomic mass is 10.1. The van der Waals surface area contributed by atoms with Crippen molar-refractivity contribution in [1.29, 1.82) is 0 Å². The van der Waals surface area contributed by atoms with E-state index in [9.17, 15) is 4.79 Å². The number of rotatable bonds is 6. The van der Waals surface area contributed by atoms with Gasteiger partial charge in [-0.25, -0.2) is 0 Å². The number of carbonyl (C=O) groups excluding carboxylic acids is 1. The Morgan fingerprint density at radius 3 is 2.56 bits per heavy atom. The number of nitrogens with two attached hydrogens (primary N) is 1. The van der Waals surface area contributed by atoms with Crippen molar-refractivity contribution >= 4 is 39.0 Å². The first-order chi connectivity index (χ1) is 13.0. The van der Waals surface area contributed by atoms with Crippen LogP contribution in [0.15, 0.2) is 65.6 Å².